The van der Waals surface area contributed by atoms with Crippen LogP contribution in [0.4, 0.5) is 5.69 Å². The predicted octanol–water partition coefficient (Wildman–Crippen LogP) is 7.11. The maximum absolute atomic E-state index is 12.8. The number of ether oxygens (including phenoxy) is 2. The van der Waals surface area contributed by atoms with E-state index in [4.69, 9.17) is 13.9 Å². The number of nitrogens with one attached hydrogen (secondary N) is 1. The number of fused-ring (bicyclic) bond motifs is 1. The lowest BCUT2D eigenvalue weighted by Crippen LogP contribution is -2.10. The van der Waals surface area contributed by atoms with E-state index in [2.05, 4.69) is 12.2 Å². The number of allylic oxidation sites excluding steroid dienone is 1. The number of hydrogen-bond acceptors (Lipinski definition) is 4. The largest absolute Gasteiger partial charge is 0.497 e. The molecule has 4 aromatic rings. The molecule has 0 spiro atoms. The molecule has 34 heavy (non-hydrogen) atoms. The van der Waals surface area contributed by atoms with Gasteiger partial charge in [-0.15, -0.1) is 0 Å². The smallest absolute Gasteiger partial charge is 0.248 e. The van der Waals surface area contributed by atoms with Crippen LogP contribution >= 0.6 is 0 Å². The Morgan fingerprint density at radius 2 is 1.88 bits per heavy atom. The molecule has 0 aliphatic heterocycles. The molecular weight excluding hydrogens is 426 g/mol. The van der Waals surface area contributed by atoms with E-state index in [9.17, 15) is 4.79 Å². The number of carbonyl (C=O) groups excluding carboxylic acids is 1. The van der Waals surface area contributed by atoms with Gasteiger partial charge in [-0.25, -0.2) is 0 Å². The van der Waals surface area contributed by atoms with Crippen LogP contribution in [0.3, 0.4) is 0 Å². The lowest BCUT2D eigenvalue weighted by atomic mass is 9.99. The van der Waals surface area contributed by atoms with Gasteiger partial charge in [0.25, 0.3) is 0 Å². The van der Waals surface area contributed by atoms with Gasteiger partial charge in [-0.1, -0.05) is 37.3 Å². The van der Waals surface area contributed by atoms with Crippen molar-refractivity contribution >= 4 is 28.1 Å². The zero-order valence-corrected chi connectivity index (χ0v) is 20.0. The highest BCUT2D eigenvalue weighted by Crippen LogP contribution is 2.38. The molecule has 3 aromatic carbocycles. The summed E-state index contributed by atoms with van der Waals surface area (Å²) in [5.41, 5.74) is 6.23. The zero-order valence-electron chi connectivity index (χ0n) is 20.0. The molecule has 5 nitrogen and oxygen atoms in total. The van der Waals surface area contributed by atoms with Crippen molar-refractivity contribution in [3.63, 3.8) is 0 Å². The van der Waals surface area contributed by atoms with Gasteiger partial charge in [0.05, 0.1) is 20.0 Å². The number of rotatable bonds is 8. The topological polar surface area (TPSA) is 60.7 Å². The highest BCUT2D eigenvalue weighted by atomic mass is 16.5. The molecule has 174 valence electrons. The standard InChI is InChI=1S/C29H29NO4/c1-5-20-10-7-8-13-26(20)30-29(31)14-19(3)23-16-24-25(21-11-9-12-22(15-21)32-4)18-34-28(24)17-27(23)33-6-2/h7-18H,5-6H2,1-4H3,(H,30,31)/b19-14+. The number of furan rings is 1. The highest BCUT2D eigenvalue weighted by Gasteiger charge is 2.16. The minimum atomic E-state index is -0.179. The number of aryl methyl sites for hydroxylation is 1. The number of benzene rings is 3. The fourth-order valence-electron chi connectivity index (χ4n) is 4.05. The Labute approximate surface area is 200 Å². The van der Waals surface area contributed by atoms with Crippen molar-refractivity contribution in [2.45, 2.75) is 27.2 Å². The molecule has 0 fully saturated rings. The van der Waals surface area contributed by atoms with Crippen molar-refractivity contribution in [2.75, 3.05) is 19.0 Å². The molecule has 0 saturated heterocycles. The summed E-state index contributed by atoms with van der Waals surface area (Å²) < 4.78 is 17.1. The van der Waals surface area contributed by atoms with E-state index in [1.54, 1.807) is 19.4 Å². The van der Waals surface area contributed by atoms with Crippen LogP contribution in [-0.4, -0.2) is 19.6 Å². The van der Waals surface area contributed by atoms with Crippen molar-refractivity contribution in [2.24, 2.45) is 0 Å². The molecule has 5 heteroatoms. The highest BCUT2D eigenvalue weighted by molar-refractivity contribution is 6.05. The first-order valence-corrected chi connectivity index (χ1v) is 11.4. The quantitative estimate of drug-likeness (QED) is 0.288. The molecule has 0 unspecified atom stereocenters. The lowest BCUT2D eigenvalue weighted by Gasteiger charge is -2.12. The summed E-state index contributed by atoms with van der Waals surface area (Å²) in [5.74, 6) is 1.27. The minimum Gasteiger partial charge on any atom is -0.497 e. The van der Waals surface area contributed by atoms with Crippen LogP contribution < -0.4 is 14.8 Å². The zero-order chi connectivity index (χ0) is 24.1. The molecule has 0 radical (unpaired) electrons. The maximum Gasteiger partial charge on any atom is 0.248 e. The van der Waals surface area contributed by atoms with Gasteiger partial charge >= 0.3 is 0 Å². The number of methoxy groups -OCH3 is 1. The molecular formula is C29H29NO4. The molecule has 1 heterocycles. The van der Waals surface area contributed by atoms with E-state index >= 15 is 0 Å². The van der Waals surface area contributed by atoms with E-state index in [0.29, 0.717) is 12.4 Å². The van der Waals surface area contributed by atoms with Crippen molar-refractivity contribution in [1.29, 1.82) is 0 Å². The molecule has 1 N–H and O–H groups in total. The Hall–Kier alpha value is -3.99. The second-order valence-corrected chi connectivity index (χ2v) is 7.99. The van der Waals surface area contributed by atoms with Crippen LogP contribution in [0.25, 0.3) is 27.7 Å². The van der Waals surface area contributed by atoms with Gasteiger partial charge in [0, 0.05) is 34.3 Å². The summed E-state index contributed by atoms with van der Waals surface area (Å²) in [6, 6.07) is 19.6. The molecule has 1 aromatic heterocycles. The van der Waals surface area contributed by atoms with E-state index < -0.39 is 0 Å². The molecule has 0 aliphatic rings. The molecule has 0 aliphatic carbocycles. The first kappa shape index (κ1) is 23.2. The third kappa shape index (κ3) is 4.84. The Kier molecular flexibility index (Phi) is 7.02. The van der Waals surface area contributed by atoms with E-state index in [-0.39, 0.29) is 5.91 Å². The fraction of sp³-hybridized carbons (Fsp3) is 0.207. The second-order valence-electron chi connectivity index (χ2n) is 7.99. The number of carbonyl (C=O) groups is 1. The van der Waals surface area contributed by atoms with Gasteiger partial charge in [0.2, 0.25) is 5.91 Å². The van der Waals surface area contributed by atoms with Crippen LogP contribution in [0, 0.1) is 0 Å². The molecule has 0 bridgehead atoms. The monoisotopic (exact) mass is 455 g/mol. The van der Waals surface area contributed by atoms with Crippen LogP contribution in [0.15, 0.2) is 77.4 Å². The summed E-state index contributed by atoms with van der Waals surface area (Å²) in [6.07, 6.45) is 4.20. The summed E-state index contributed by atoms with van der Waals surface area (Å²) in [6.45, 7) is 6.43. The molecule has 0 saturated carbocycles. The second kappa shape index (κ2) is 10.3. The Balaban J connectivity index is 1.73. The van der Waals surface area contributed by atoms with Crippen LogP contribution in [-0.2, 0) is 11.2 Å². The average Bonchev–Trinajstić information content (AvgIpc) is 3.27. The normalized spacial score (nSPS) is 11.5. The van der Waals surface area contributed by atoms with Gasteiger partial charge in [0.15, 0.2) is 0 Å². The lowest BCUT2D eigenvalue weighted by molar-refractivity contribution is -0.111. The van der Waals surface area contributed by atoms with Gasteiger partial charge in [0.1, 0.15) is 17.1 Å². The van der Waals surface area contributed by atoms with E-state index in [1.165, 1.54) is 0 Å². The predicted molar refractivity (Wildman–Crippen MR) is 137 cm³/mol. The van der Waals surface area contributed by atoms with Gasteiger partial charge in [-0.3, -0.25) is 4.79 Å². The average molecular weight is 456 g/mol. The summed E-state index contributed by atoms with van der Waals surface area (Å²) in [4.78, 5) is 12.8. The third-order valence-corrected chi connectivity index (χ3v) is 5.78. The Bertz CT molecular complexity index is 1350. The SMILES string of the molecule is CCOc1cc2occ(-c3cccc(OC)c3)c2cc1/C(C)=C/C(=O)Nc1ccccc1CC. The Morgan fingerprint density at radius 3 is 2.65 bits per heavy atom. The van der Waals surface area contributed by atoms with E-state index in [0.717, 1.165) is 56.7 Å². The first-order valence-electron chi connectivity index (χ1n) is 11.4. The van der Waals surface area contributed by atoms with Crippen molar-refractivity contribution < 1.29 is 18.7 Å². The Morgan fingerprint density at radius 1 is 1.06 bits per heavy atom. The van der Waals surface area contributed by atoms with Crippen molar-refractivity contribution in [3.05, 3.63) is 84.1 Å². The number of hydrogen-bond donors (Lipinski definition) is 1. The number of para-hydroxylation sites is 1. The van der Waals surface area contributed by atoms with E-state index in [1.807, 2.05) is 74.5 Å². The number of anilines is 1. The summed E-state index contributed by atoms with van der Waals surface area (Å²) in [7, 11) is 1.65. The van der Waals surface area contributed by atoms with Gasteiger partial charge in [-0.2, -0.15) is 0 Å². The van der Waals surface area contributed by atoms with Crippen molar-refractivity contribution in [3.8, 4) is 22.6 Å². The van der Waals surface area contributed by atoms with Crippen molar-refractivity contribution in [1.82, 2.24) is 0 Å². The van der Waals surface area contributed by atoms with Gasteiger partial charge in [-0.05, 0) is 61.2 Å². The minimum absolute atomic E-state index is 0.179. The first-order chi connectivity index (χ1) is 16.5. The fourth-order valence-corrected chi connectivity index (χ4v) is 4.05. The number of amides is 1. The maximum atomic E-state index is 12.8. The third-order valence-electron chi connectivity index (χ3n) is 5.78. The molecule has 0 atom stereocenters. The molecule has 1 amide bonds. The molecule has 4 rings (SSSR count). The van der Waals surface area contributed by atoms with Crippen LogP contribution in [0.5, 0.6) is 11.5 Å². The van der Waals surface area contributed by atoms with Crippen LogP contribution in [0.1, 0.15) is 31.9 Å². The van der Waals surface area contributed by atoms with Crippen LogP contribution in [0.2, 0.25) is 0 Å². The van der Waals surface area contributed by atoms with Gasteiger partial charge < -0.3 is 19.2 Å². The summed E-state index contributed by atoms with van der Waals surface area (Å²) >= 11 is 0. The summed E-state index contributed by atoms with van der Waals surface area (Å²) in [5, 5.41) is 3.95.